The van der Waals surface area contributed by atoms with Gasteiger partial charge in [0.1, 0.15) is 17.3 Å². The molecule has 1 aliphatic carbocycles. The molecular weight excluding hydrogens is 303 g/mol. The van der Waals surface area contributed by atoms with E-state index in [0.29, 0.717) is 11.8 Å². The van der Waals surface area contributed by atoms with Gasteiger partial charge in [-0.2, -0.15) is 5.10 Å². The van der Waals surface area contributed by atoms with Gasteiger partial charge in [0, 0.05) is 11.8 Å². The summed E-state index contributed by atoms with van der Waals surface area (Å²) in [6.07, 6.45) is 7.13. The molecule has 24 heavy (non-hydrogen) atoms. The molecule has 122 valence electrons. The zero-order valence-electron chi connectivity index (χ0n) is 13.4. The predicted molar refractivity (Wildman–Crippen MR) is 91.6 cm³/mol. The van der Waals surface area contributed by atoms with Crippen molar-refractivity contribution in [2.24, 2.45) is 0 Å². The highest BCUT2D eigenvalue weighted by Gasteiger charge is 2.17. The Morgan fingerprint density at radius 2 is 1.50 bits per heavy atom. The van der Waals surface area contributed by atoms with Crippen LogP contribution in [0.15, 0.2) is 60.8 Å². The Labute approximate surface area is 140 Å². The molecule has 0 unspecified atom stereocenters. The van der Waals surface area contributed by atoms with Gasteiger partial charge in [-0.25, -0.2) is 4.39 Å². The van der Waals surface area contributed by atoms with Crippen LogP contribution < -0.4 is 4.74 Å². The molecule has 2 aromatic carbocycles. The third-order valence-electron chi connectivity index (χ3n) is 4.51. The minimum absolute atomic E-state index is 0.268. The first kappa shape index (κ1) is 14.9. The normalized spacial score (nSPS) is 14.9. The number of hydrogen-bond donors (Lipinski definition) is 0. The van der Waals surface area contributed by atoms with Gasteiger partial charge in [0.25, 0.3) is 0 Å². The minimum atomic E-state index is -0.268. The molecule has 1 aromatic heterocycles. The van der Waals surface area contributed by atoms with E-state index < -0.39 is 0 Å². The number of rotatable bonds is 4. The van der Waals surface area contributed by atoms with Gasteiger partial charge in [0.15, 0.2) is 0 Å². The quantitative estimate of drug-likeness (QED) is 0.625. The molecule has 3 aromatic rings. The number of benzene rings is 2. The van der Waals surface area contributed by atoms with E-state index in [1.165, 1.54) is 37.8 Å². The first-order valence-electron chi connectivity index (χ1n) is 8.37. The Morgan fingerprint density at radius 3 is 2.17 bits per heavy atom. The molecule has 3 nitrogen and oxygen atoms in total. The van der Waals surface area contributed by atoms with Gasteiger partial charge in [-0.3, -0.25) is 4.68 Å². The first-order valence-corrected chi connectivity index (χ1v) is 8.37. The fraction of sp³-hybridized carbons (Fsp3) is 0.250. The van der Waals surface area contributed by atoms with E-state index in [4.69, 9.17) is 9.84 Å². The summed E-state index contributed by atoms with van der Waals surface area (Å²) >= 11 is 0. The summed E-state index contributed by atoms with van der Waals surface area (Å²) in [4.78, 5) is 0. The summed E-state index contributed by atoms with van der Waals surface area (Å²) in [7, 11) is 0. The molecule has 0 amide bonds. The molecule has 0 N–H and O–H groups in total. The fourth-order valence-corrected chi connectivity index (χ4v) is 3.20. The predicted octanol–water partition coefficient (Wildman–Crippen LogP) is 5.60. The van der Waals surface area contributed by atoms with Crippen molar-refractivity contribution in [2.75, 3.05) is 0 Å². The third-order valence-corrected chi connectivity index (χ3v) is 4.51. The van der Waals surface area contributed by atoms with Crippen LogP contribution in [0.3, 0.4) is 0 Å². The number of aromatic nitrogens is 2. The zero-order chi connectivity index (χ0) is 16.4. The zero-order valence-corrected chi connectivity index (χ0v) is 13.4. The van der Waals surface area contributed by atoms with Gasteiger partial charge in [-0.1, -0.05) is 12.8 Å². The van der Waals surface area contributed by atoms with Crippen LogP contribution in [0.4, 0.5) is 4.39 Å². The topological polar surface area (TPSA) is 27.1 Å². The molecule has 4 heteroatoms. The second-order valence-electron chi connectivity index (χ2n) is 6.20. The lowest BCUT2D eigenvalue weighted by Gasteiger charge is -2.09. The van der Waals surface area contributed by atoms with Crippen molar-refractivity contribution in [3.05, 3.63) is 66.6 Å². The van der Waals surface area contributed by atoms with Crippen molar-refractivity contribution < 1.29 is 9.13 Å². The van der Waals surface area contributed by atoms with Gasteiger partial charge in [0.2, 0.25) is 0 Å². The second kappa shape index (κ2) is 6.48. The van der Waals surface area contributed by atoms with Crippen molar-refractivity contribution in [2.45, 2.75) is 31.7 Å². The summed E-state index contributed by atoms with van der Waals surface area (Å²) in [5, 5.41) is 4.72. The van der Waals surface area contributed by atoms with E-state index >= 15 is 0 Å². The monoisotopic (exact) mass is 322 g/mol. The van der Waals surface area contributed by atoms with Crippen LogP contribution in [0.2, 0.25) is 0 Å². The van der Waals surface area contributed by atoms with Gasteiger partial charge in [-0.05, 0) is 67.4 Å². The Morgan fingerprint density at radius 1 is 0.875 bits per heavy atom. The highest BCUT2D eigenvalue weighted by Crippen LogP contribution is 2.30. The molecule has 0 saturated heterocycles. The van der Waals surface area contributed by atoms with Crippen LogP contribution in [-0.4, -0.2) is 9.78 Å². The molecule has 0 bridgehead atoms. The molecule has 1 saturated carbocycles. The maximum atomic E-state index is 12.9. The van der Waals surface area contributed by atoms with Crippen LogP contribution in [0.5, 0.6) is 11.5 Å². The van der Waals surface area contributed by atoms with Gasteiger partial charge >= 0.3 is 0 Å². The lowest BCUT2D eigenvalue weighted by molar-refractivity contribution is 0.468. The van der Waals surface area contributed by atoms with Crippen molar-refractivity contribution >= 4 is 0 Å². The van der Waals surface area contributed by atoms with E-state index in [2.05, 4.69) is 16.9 Å². The minimum Gasteiger partial charge on any atom is -0.457 e. The van der Waals surface area contributed by atoms with E-state index in [9.17, 15) is 4.39 Å². The highest BCUT2D eigenvalue weighted by atomic mass is 19.1. The third kappa shape index (κ3) is 3.18. The Kier molecular flexibility index (Phi) is 4.03. The molecule has 0 spiro atoms. The van der Waals surface area contributed by atoms with Crippen LogP contribution >= 0.6 is 0 Å². The number of ether oxygens (including phenoxy) is 1. The summed E-state index contributed by atoms with van der Waals surface area (Å²) in [5.74, 6) is 1.07. The number of hydrogen-bond acceptors (Lipinski definition) is 2. The van der Waals surface area contributed by atoms with E-state index in [1.54, 1.807) is 12.1 Å². The summed E-state index contributed by atoms with van der Waals surface area (Å²) in [6, 6.07) is 16.5. The molecule has 1 fully saturated rings. The van der Waals surface area contributed by atoms with Gasteiger partial charge in [0.05, 0.1) is 11.7 Å². The lowest BCUT2D eigenvalue weighted by atomic mass is 10.1. The van der Waals surface area contributed by atoms with Crippen molar-refractivity contribution in [1.29, 1.82) is 0 Å². The van der Waals surface area contributed by atoms with Gasteiger partial charge < -0.3 is 4.74 Å². The molecule has 4 rings (SSSR count). The van der Waals surface area contributed by atoms with E-state index in [1.807, 2.05) is 24.3 Å². The van der Waals surface area contributed by atoms with Crippen LogP contribution in [-0.2, 0) is 0 Å². The van der Waals surface area contributed by atoms with E-state index in [0.717, 1.165) is 17.0 Å². The van der Waals surface area contributed by atoms with Crippen molar-refractivity contribution in [3.8, 4) is 22.8 Å². The first-order chi connectivity index (χ1) is 11.8. The van der Waals surface area contributed by atoms with E-state index in [-0.39, 0.29) is 5.82 Å². The summed E-state index contributed by atoms with van der Waals surface area (Å²) in [5.41, 5.74) is 2.05. The fourth-order valence-electron chi connectivity index (χ4n) is 3.20. The molecule has 1 aliphatic rings. The number of halogens is 1. The SMILES string of the molecule is Fc1ccc(Oc2ccc(-c3ccn(C4CCCC4)n3)cc2)cc1. The lowest BCUT2D eigenvalue weighted by Crippen LogP contribution is -2.04. The van der Waals surface area contributed by atoms with Crippen LogP contribution in [0.25, 0.3) is 11.3 Å². The molecular formula is C20H19FN2O. The standard InChI is InChI=1S/C20H19FN2O/c21-16-7-11-19(12-8-16)24-18-9-5-15(6-10-18)20-13-14-23(22-20)17-3-1-2-4-17/h5-14,17H,1-4H2. The Hall–Kier alpha value is -2.62. The second-order valence-corrected chi connectivity index (χ2v) is 6.20. The smallest absolute Gasteiger partial charge is 0.127 e. The summed E-state index contributed by atoms with van der Waals surface area (Å²) in [6.45, 7) is 0. The van der Waals surface area contributed by atoms with Crippen LogP contribution in [0, 0.1) is 5.82 Å². The average Bonchev–Trinajstić information content (AvgIpc) is 3.29. The number of nitrogens with zero attached hydrogens (tertiary/aromatic N) is 2. The average molecular weight is 322 g/mol. The van der Waals surface area contributed by atoms with Crippen molar-refractivity contribution in [1.82, 2.24) is 9.78 Å². The Bertz CT molecular complexity index is 802. The molecule has 0 aliphatic heterocycles. The molecule has 1 heterocycles. The van der Waals surface area contributed by atoms with Crippen LogP contribution in [0.1, 0.15) is 31.7 Å². The summed E-state index contributed by atoms with van der Waals surface area (Å²) < 4.78 is 20.7. The van der Waals surface area contributed by atoms with Crippen molar-refractivity contribution in [3.63, 3.8) is 0 Å². The highest BCUT2D eigenvalue weighted by molar-refractivity contribution is 5.59. The maximum absolute atomic E-state index is 12.9. The molecule has 0 radical (unpaired) electrons. The molecule has 0 atom stereocenters. The largest absolute Gasteiger partial charge is 0.457 e. The maximum Gasteiger partial charge on any atom is 0.127 e. The van der Waals surface area contributed by atoms with Gasteiger partial charge in [-0.15, -0.1) is 0 Å². The Balaban J connectivity index is 1.48.